The summed E-state index contributed by atoms with van der Waals surface area (Å²) < 4.78 is 0. The molecule has 0 spiro atoms. The van der Waals surface area contributed by atoms with Crippen LogP contribution >= 0.6 is 0 Å². The second-order valence-electron chi connectivity index (χ2n) is 3.99. The third kappa shape index (κ3) is 1.41. The molecule has 2 unspecified atom stereocenters. The molecule has 2 atom stereocenters. The van der Waals surface area contributed by atoms with Gasteiger partial charge in [-0.3, -0.25) is 9.69 Å². The number of hydrogen-bond donors (Lipinski definition) is 1. The zero-order chi connectivity index (χ0) is 9.42. The summed E-state index contributed by atoms with van der Waals surface area (Å²) in [6, 6.07) is -0.0471. The van der Waals surface area contributed by atoms with Crippen molar-refractivity contribution in [2.24, 2.45) is 5.92 Å². The van der Waals surface area contributed by atoms with E-state index in [2.05, 4.69) is 12.2 Å². The van der Waals surface area contributed by atoms with E-state index in [1.54, 1.807) is 0 Å². The average Bonchev–Trinajstić information content (AvgIpc) is 2.60. The van der Waals surface area contributed by atoms with E-state index < -0.39 is 0 Å². The summed E-state index contributed by atoms with van der Waals surface area (Å²) in [5.41, 5.74) is 0. The Morgan fingerprint density at radius 2 is 2.15 bits per heavy atom. The lowest BCUT2D eigenvalue weighted by molar-refractivity contribution is -0.126. The normalized spacial score (nSPS) is 34.1. The summed E-state index contributed by atoms with van der Waals surface area (Å²) in [5.74, 6) is 0.579. The van der Waals surface area contributed by atoms with Crippen molar-refractivity contribution >= 4 is 11.9 Å². The molecule has 1 aliphatic carbocycles. The highest BCUT2D eigenvalue weighted by molar-refractivity contribution is 6.02. The van der Waals surface area contributed by atoms with Crippen molar-refractivity contribution in [3.05, 3.63) is 0 Å². The maximum atomic E-state index is 11.3. The first kappa shape index (κ1) is 8.53. The lowest BCUT2D eigenvalue weighted by Crippen LogP contribution is -2.39. The van der Waals surface area contributed by atoms with Crippen molar-refractivity contribution in [1.29, 1.82) is 0 Å². The van der Waals surface area contributed by atoms with Crippen LogP contribution in [0.5, 0.6) is 0 Å². The Kier molecular flexibility index (Phi) is 1.98. The first-order valence-electron chi connectivity index (χ1n) is 4.78. The van der Waals surface area contributed by atoms with Crippen LogP contribution in [0.1, 0.15) is 26.2 Å². The van der Waals surface area contributed by atoms with Crippen molar-refractivity contribution in [1.82, 2.24) is 10.2 Å². The van der Waals surface area contributed by atoms with Gasteiger partial charge < -0.3 is 5.32 Å². The van der Waals surface area contributed by atoms with Crippen LogP contribution in [-0.4, -0.2) is 29.4 Å². The molecule has 0 aromatic heterocycles. The standard InChI is InChI=1S/C9H14N2O2/c1-6-2-3-7(4-6)11-8(12)5-10-9(11)13/h6-7H,2-5H2,1H3,(H,10,13). The molecular formula is C9H14N2O2. The fraction of sp³-hybridized carbons (Fsp3) is 0.778. The molecule has 72 valence electrons. The second kappa shape index (κ2) is 3.01. The van der Waals surface area contributed by atoms with Gasteiger partial charge in [0.1, 0.15) is 0 Å². The Balaban J connectivity index is 2.07. The molecule has 2 aliphatic rings. The van der Waals surface area contributed by atoms with E-state index >= 15 is 0 Å². The molecule has 1 saturated heterocycles. The van der Waals surface area contributed by atoms with E-state index in [0.717, 1.165) is 19.3 Å². The zero-order valence-electron chi connectivity index (χ0n) is 7.75. The summed E-state index contributed by atoms with van der Waals surface area (Å²) >= 11 is 0. The SMILES string of the molecule is CC1CCC(N2C(=O)CNC2=O)C1. The topological polar surface area (TPSA) is 49.4 Å². The largest absolute Gasteiger partial charge is 0.329 e. The van der Waals surface area contributed by atoms with Gasteiger partial charge in [-0.25, -0.2) is 4.79 Å². The smallest absolute Gasteiger partial charge is 0.324 e. The van der Waals surface area contributed by atoms with E-state index in [0.29, 0.717) is 5.92 Å². The maximum absolute atomic E-state index is 11.3. The van der Waals surface area contributed by atoms with Crippen LogP contribution in [0.25, 0.3) is 0 Å². The van der Waals surface area contributed by atoms with Gasteiger partial charge in [-0.15, -0.1) is 0 Å². The second-order valence-corrected chi connectivity index (χ2v) is 3.99. The predicted molar refractivity (Wildman–Crippen MR) is 47.0 cm³/mol. The number of nitrogens with one attached hydrogen (secondary N) is 1. The van der Waals surface area contributed by atoms with E-state index in [4.69, 9.17) is 0 Å². The molecule has 4 nitrogen and oxygen atoms in total. The van der Waals surface area contributed by atoms with Crippen molar-refractivity contribution in [3.8, 4) is 0 Å². The first-order valence-corrected chi connectivity index (χ1v) is 4.78. The summed E-state index contributed by atoms with van der Waals surface area (Å²) in [6.07, 6.45) is 3.07. The minimum absolute atomic E-state index is 0.0656. The lowest BCUT2D eigenvalue weighted by Gasteiger charge is -2.20. The zero-order valence-corrected chi connectivity index (χ0v) is 7.75. The predicted octanol–water partition coefficient (Wildman–Crippen LogP) is 0.727. The lowest BCUT2D eigenvalue weighted by atomic mass is 10.1. The number of carbonyl (C=O) groups excluding carboxylic acids is 2. The molecule has 0 bridgehead atoms. The third-order valence-electron chi connectivity index (χ3n) is 2.91. The Hall–Kier alpha value is -1.06. The Bertz CT molecular complexity index is 236. The van der Waals surface area contributed by atoms with E-state index in [9.17, 15) is 9.59 Å². The number of amides is 3. The molecule has 4 heteroatoms. The van der Waals surface area contributed by atoms with Gasteiger partial charge in [-0.05, 0) is 25.2 Å². The van der Waals surface area contributed by atoms with Crippen LogP contribution in [0.2, 0.25) is 0 Å². The summed E-state index contributed by atoms with van der Waals surface area (Å²) in [7, 11) is 0. The monoisotopic (exact) mass is 182 g/mol. The number of rotatable bonds is 1. The van der Waals surface area contributed by atoms with Gasteiger partial charge in [0.05, 0.1) is 6.54 Å². The first-order chi connectivity index (χ1) is 6.18. The van der Waals surface area contributed by atoms with Crippen molar-refractivity contribution in [3.63, 3.8) is 0 Å². The fourth-order valence-corrected chi connectivity index (χ4v) is 2.22. The molecule has 0 aromatic rings. The quantitative estimate of drug-likeness (QED) is 0.608. The summed E-state index contributed by atoms with van der Waals surface area (Å²) in [5, 5.41) is 2.55. The molecular weight excluding hydrogens is 168 g/mol. The van der Waals surface area contributed by atoms with Gasteiger partial charge >= 0.3 is 6.03 Å². The minimum Gasteiger partial charge on any atom is -0.329 e. The van der Waals surface area contributed by atoms with E-state index in [1.165, 1.54) is 4.90 Å². The fourth-order valence-electron chi connectivity index (χ4n) is 2.22. The van der Waals surface area contributed by atoms with Gasteiger partial charge in [-0.1, -0.05) is 6.92 Å². The maximum Gasteiger partial charge on any atom is 0.324 e. The molecule has 1 heterocycles. The van der Waals surface area contributed by atoms with Gasteiger partial charge in [0.25, 0.3) is 0 Å². The molecule has 2 fully saturated rings. The molecule has 3 amide bonds. The third-order valence-corrected chi connectivity index (χ3v) is 2.91. The molecule has 0 aromatic carbocycles. The minimum atomic E-state index is -0.205. The van der Waals surface area contributed by atoms with Gasteiger partial charge in [-0.2, -0.15) is 0 Å². The summed E-state index contributed by atoms with van der Waals surface area (Å²) in [6.45, 7) is 2.35. The summed E-state index contributed by atoms with van der Waals surface area (Å²) in [4.78, 5) is 24.0. The number of carbonyl (C=O) groups is 2. The number of nitrogens with zero attached hydrogens (tertiary/aromatic N) is 1. The van der Waals surface area contributed by atoms with Crippen LogP contribution in [0, 0.1) is 5.92 Å². The van der Waals surface area contributed by atoms with Crippen molar-refractivity contribution in [2.75, 3.05) is 6.54 Å². The molecule has 2 rings (SSSR count). The van der Waals surface area contributed by atoms with Crippen LogP contribution in [0.15, 0.2) is 0 Å². The van der Waals surface area contributed by atoms with Gasteiger partial charge in [0.15, 0.2) is 0 Å². The molecule has 0 radical (unpaired) electrons. The number of hydrogen-bond acceptors (Lipinski definition) is 2. The van der Waals surface area contributed by atoms with Gasteiger partial charge in [0.2, 0.25) is 5.91 Å². The van der Waals surface area contributed by atoms with E-state index in [-0.39, 0.29) is 24.5 Å². The Morgan fingerprint density at radius 3 is 2.62 bits per heavy atom. The Morgan fingerprint density at radius 1 is 1.38 bits per heavy atom. The molecule has 13 heavy (non-hydrogen) atoms. The highest BCUT2D eigenvalue weighted by Gasteiger charge is 2.37. The molecule has 1 aliphatic heterocycles. The van der Waals surface area contributed by atoms with Crippen molar-refractivity contribution in [2.45, 2.75) is 32.2 Å². The van der Waals surface area contributed by atoms with Gasteiger partial charge in [0, 0.05) is 6.04 Å². The van der Waals surface area contributed by atoms with Crippen LogP contribution < -0.4 is 5.32 Å². The molecule has 1 N–H and O–H groups in total. The number of urea groups is 1. The van der Waals surface area contributed by atoms with E-state index in [1.807, 2.05) is 0 Å². The number of imide groups is 1. The highest BCUT2D eigenvalue weighted by Crippen LogP contribution is 2.29. The van der Waals surface area contributed by atoms with Crippen molar-refractivity contribution < 1.29 is 9.59 Å². The van der Waals surface area contributed by atoms with Crippen LogP contribution in [-0.2, 0) is 4.79 Å². The molecule has 1 saturated carbocycles. The Labute approximate surface area is 77.3 Å². The average molecular weight is 182 g/mol. The van der Waals surface area contributed by atoms with Crippen LogP contribution in [0.3, 0.4) is 0 Å². The van der Waals surface area contributed by atoms with Crippen LogP contribution in [0.4, 0.5) is 4.79 Å². The highest BCUT2D eigenvalue weighted by atomic mass is 16.2.